The summed E-state index contributed by atoms with van der Waals surface area (Å²) < 4.78 is 15.6. The molecule has 0 bridgehead atoms. The molecule has 0 spiro atoms. The average molecular weight is 415 g/mol. The molecule has 2 aromatic rings. The number of amides is 1. The summed E-state index contributed by atoms with van der Waals surface area (Å²) in [6, 6.07) is 1.78. The first-order valence-electron chi connectivity index (χ1n) is 10.6. The maximum Gasteiger partial charge on any atom is 0.247 e. The number of rotatable bonds is 6. The van der Waals surface area contributed by atoms with Gasteiger partial charge in [-0.05, 0) is 38.5 Å². The smallest absolute Gasteiger partial charge is 0.247 e. The van der Waals surface area contributed by atoms with E-state index in [0.29, 0.717) is 25.3 Å². The third-order valence-electron chi connectivity index (χ3n) is 6.16. The highest BCUT2D eigenvalue weighted by molar-refractivity contribution is 6.04. The fourth-order valence-corrected chi connectivity index (χ4v) is 4.78. The van der Waals surface area contributed by atoms with Crippen LogP contribution in [-0.4, -0.2) is 39.4 Å². The Hall–Kier alpha value is -2.64. The van der Waals surface area contributed by atoms with Crippen molar-refractivity contribution in [2.45, 2.75) is 65.3 Å². The fourth-order valence-electron chi connectivity index (χ4n) is 4.78. The lowest BCUT2D eigenvalue weighted by Crippen LogP contribution is -2.49. The van der Waals surface area contributed by atoms with Gasteiger partial charge in [-0.15, -0.1) is 0 Å². The fraction of sp³-hybridized carbons (Fsp3) is 0.591. The van der Waals surface area contributed by atoms with Gasteiger partial charge in [-0.1, -0.05) is 13.8 Å². The van der Waals surface area contributed by atoms with Crippen LogP contribution in [0.4, 0.5) is 21.6 Å². The maximum absolute atomic E-state index is 13.7. The second kappa shape index (κ2) is 7.56. The summed E-state index contributed by atoms with van der Waals surface area (Å²) in [5.74, 6) is 1.34. The van der Waals surface area contributed by atoms with E-state index in [-0.39, 0.29) is 17.9 Å². The van der Waals surface area contributed by atoms with Crippen LogP contribution in [0.3, 0.4) is 0 Å². The lowest BCUT2D eigenvalue weighted by Gasteiger charge is -2.38. The summed E-state index contributed by atoms with van der Waals surface area (Å²) in [6.45, 7) is 9.03. The van der Waals surface area contributed by atoms with Crippen molar-refractivity contribution < 1.29 is 9.18 Å². The van der Waals surface area contributed by atoms with E-state index in [1.807, 2.05) is 55.9 Å². The van der Waals surface area contributed by atoms with Crippen molar-refractivity contribution in [3.8, 4) is 0 Å². The van der Waals surface area contributed by atoms with E-state index in [0.717, 1.165) is 35.0 Å². The van der Waals surface area contributed by atoms with Crippen molar-refractivity contribution in [3.05, 3.63) is 29.7 Å². The van der Waals surface area contributed by atoms with Crippen molar-refractivity contribution in [2.24, 2.45) is 11.8 Å². The predicted octanol–water partition coefficient (Wildman–Crippen LogP) is 3.75. The third-order valence-corrected chi connectivity index (χ3v) is 6.16. The molecule has 0 aromatic carbocycles. The van der Waals surface area contributed by atoms with Crippen molar-refractivity contribution in [3.63, 3.8) is 0 Å². The Morgan fingerprint density at radius 2 is 2.13 bits per heavy atom. The van der Waals surface area contributed by atoms with Gasteiger partial charge in [0.1, 0.15) is 17.5 Å². The minimum Gasteiger partial charge on any atom is -0.366 e. The van der Waals surface area contributed by atoms with Crippen LogP contribution in [-0.2, 0) is 17.9 Å². The molecule has 4 rings (SSSR count). The van der Waals surface area contributed by atoms with Crippen LogP contribution in [0.2, 0.25) is 0 Å². The van der Waals surface area contributed by atoms with Gasteiger partial charge in [0, 0.05) is 38.0 Å². The molecular weight excluding hydrogens is 383 g/mol. The standard InChI is InChI=1S/C22H31FN6O/c1-13(2)20-21(30)27-19-14(3)26-18(6-17(19)28(20)5)24-9-16-10-25-29(12-16)11-15-7-22(4,23)8-15/h6,10,12-13,15,20H,7-9,11H2,1-5H3,(H,24,26)(H,27,30). The van der Waals surface area contributed by atoms with Gasteiger partial charge in [0.2, 0.25) is 5.91 Å². The SMILES string of the molecule is Cc1nc(NCc2cnn(CC3CC(C)(F)C3)c2)cc2c1NC(=O)C(C(C)C)N2C. The van der Waals surface area contributed by atoms with Crippen molar-refractivity contribution in [1.82, 2.24) is 14.8 Å². The molecule has 1 saturated carbocycles. The van der Waals surface area contributed by atoms with Crippen LogP contribution in [0, 0.1) is 18.8 Å². The summed E-state index contributed by atoms with van der Waals surface area (Å²) in [7, 11) is 1.96. The van der Waals surface area contributed by atoms with Gasteiger partial charge in [-0.25, -0.2) is 9.37 Å². The van der Waals surface area contributed by atoms with Gasteiger partial charge in [0.15, 0.2) is 0 Å². The number of nitrogens with one attached hydrogen (secondary N) is 2. The van der Waals surface area contributed by atoms with Gasteiger partial charge in [-0.2, -0.15) is 5.10 Å². The minimum absolute atomic E-state index is 0.0116. The molecule has 2 N–H and O–H groups in total. The second-order valence-corrected chi connectivity index (χ2v) is 9.39. The number of anilines is 3. The number of hydrogen-bond donors (Lipinski definition) is 2. The molecule has 0 radical (unpaired) electrons. The van der Waals surface area contributed by atoms with Crippen LogP contribution in [0.15, 0.2) is 18.5 Å². The molecule has 1 atom stereocenters. The number of pyridine rings is 1. The molecule has 2 aliphatic rings. The number of aromatic nitrogens is 3. The minimum atomic E-state index is -1.00. The summed E-state index contributed by atoms with van der Waals surface area (Å²) in [5, 5.41) is 10.8. The van der Waals surface area contributed by atoms with Gasteiger partial charge in [0.05, 0.1) is 23.3 Å². The Labute approximate surface area is 177 Å². The number of alkyl halides is 1. The first-order chi connectivity index (χ1) is 14.1. The van der Waals surface area contributed by atoms with Crippen LogP contribution >= 0.6 is 0 Å². The molecule has 1 aliphatic carbocycles. The first-order valence-corrected chi connectivity index (χ1v) is 10.6. The molecule has 1 fully saturated rings. The summed E-state index contributed by atoms with van der Waals surface area (Å²) >= 11 is 0. The Morgan fingerprint density at radius 1 is 1.40 bits per heavy atom. The Bertz CT molecular complexity index is 945. The number of aryl methyl sites for hydroxylation is 1. The van der Waals surface area contributed by atoms with E-state index in [9.17, 15) is 9.18 Å². The quantitative estimate of drug-likeness (QED) is 0.753. The zero-order valence-electron chi connectivity index (χ0n) is 18.4. The molecular formula is C22H31FN6O. The number of carbonyl (C=O) groups excluding carboxylic acids is 1. The number of halogens is 1. The number of carbonyl (C=O) groups is 1. The monoisotopic (exact) mass is 414 g/mol. The molecule has 162 valence electrons. The van der Waals surface area contributed by atoms with E-state index in [4.69, 9.17) is 0 Å². The van der Waals surface area contributed by atoms with Crippen molar-refractivity contribution >= 4 is 23.1 Å². The van der Waals surface area contributed by atoms with Crippen molar-refractivity contribution in [1.29, 1.82) is 0 Å². The molecule has 2 aromatic heterocycles. The van der Waals surface area contributed by atoms with E-state index in [1.54, 1.807) is 6.92 Å². The van der Waals surface area contributed by atoms with E-state index in [1.165, 1.54) is 0 Å². The number of hydrogen-bond acceptors (Lipinski definition) is 5. The van der Waals surface area contributed by atoms with Gasteiger partial charge in [-0.3, -0.25) is 9.48 Å². The zero-order valence-corrected chi connectivity index (χ0v) is 18.4. The van der Waals surface area contributed by atoms with Crippen molar-refractivity contribution in [2.75, 3.05) is 22.6 Å². The molecule has 1 aliphatic heterocycles. The van der Waals surface area contributed by atoms with Gasteiger partial charge in [0.25, 0.3) is 0 Å². The van der Waals surface area contributed by atoms with E-state index in [2.05, 4.69) is 20.7 Å². The Balaban J connectivity index is 1.43. The van der Waals surface area contributed by atoms with Gasteiger partial charge >= 0.3 is 0 Å². The number of nitrogens with zero attached hydrogens (tertiary/aromatic N) is 4. The number of likely N-dealkylation sites (N-methyl/N-ethyl adjacent to an activating group) is 1. The zero-order chi connectivity index (χ0) is 21.6. The topological polar surface area (TPSA) is 75.1 Å². The normalized spacial score (nSPS) is 25.7. The average Bonchev–Trinajstić information content (AvgIpc) is 3.07. The van der Waals surface area contributed by atoms with Crippen LogP contribution in [0.1, 0.15) is 44.9 Å². The van der Waals surface area contributed by atoms with Crippen LogP contribution < -0.4 is 15.5 Å². The van der Waals surface area contributed by atoms with Crippen LogP contribution in [0.5, 0.6) is 0 Å². The highest BCUT2D eigenvalue weighted by Gasteiger charge is 2.40. The predicted molar refractivity (Wildman–Crippen MR) is 116 cm³/mol. The summed E-state index contributed by atoms with van der Waals surface area (Å²) in [4.78, 5) is 19.1. The highest BCUT2D eigenvalue weighted by atomic mass is 19.1. The molecule has 1 amide bonds. The summed E-state index contributed by atoms with van der Waals surface area (Å²) in [6.07, 6.45) is 5.07. The third kappa shape index (κ3) is 4.00. The largest absolute Gasteiger partial charge is 0.366 e. The maximum atomic E-state index is 13.7. The molecule has 30 heavy (non-hydrogen) atoms. The molecule has 3 heterocycles. The molecule has 7 nitrogen and oxygen atoms in total. The lowest BCUT2D eigenvalue weighted by atomic mass is 9.73. The first kappa shape index (κ1) is 20.6. The Kier molecular flexibility index (Phi) is 5.20. The van der Waals surface area contributed by atoms with E-state index < -0.39 is 5.67 Å². The molecule has 0 saturated heterocycles. The van der Waals surface area contributed by atoms with Crippen LogP contribution in [0.25, 0.3) is 0 Å². The van der Waals surface area contributed by atoms with E-state index >= 15 is 0 Å². The Morgan fingerprint density at radius 3 is 2.80 bits per heavy atom. The van der Waals surface area contributed by atoms with Gasteiger partial charge < -0.3 is 15.5 Å². The molecule has 8 heteroatoms. The highest BCUT2D eigenvalue weighted by Crippen LogP contribution is 2.41. The molecule has 1 unspecified atom stereocenters. The second-order valence-electron chi connectivity index (χ2n) is 9.39. The lowest BCUT2D eigenvalue weighted by molar-refractivity contribution is -0.118. The number of fused-ring (bicyclic) bond motifs is 1. The summed E-state index contributed by atoms with van der Waals surface area (Å²) in [5.41, 5.74) is 2.58.